The van der Waals surface area contributed by atoms with Crippen LogP contribution in [0.25, 0.3) is 0 Å². The van der Waals surface area contributed by atoms with Crippen LogP contribution in [0.2, 0.25) is 0 Å². The van der Waals surface area contributed by atoms with Crippen molar-refractivity contribution in [2.24, 2.45) is 0 Å². The summed E-state index contributed by atoms with van der Waals surface area (Å²) in [7, 11) is 0. The Morgan fingerprint density at radius 2 is 1.70 bits per heavy atom. The fourth-order valence-electron chi connectivity index (χ4n) is 0.258. The molecule has 0 heterocycles. The molecule has 0 spiro atoms. The summed E-state index contributed by atoms with van der Waals surface area (Å²) in [5, 5.41) is 16.1. The Hall–Kier alpha value is 0.0306. The van der Waals surface area contributed by atoms with Crippen molar-refractivity contribution in [2.45, 2.75) is 6.42 Å². The number of carboxylic acids is 2. The summed E-state index contributed by atoms with van der Waals surface area (Å²) in [5.41, 5.74) is -0.303. The van der Waals surface area contributed by atoms with Crippen LogP contribution in [-0.4, -0.2) is 22.2 Å². The molecule has 54 valence electrons. The summed E-state index contributed by atoms with van der Waals surface area (Å²) in [5.74, 6) is -2.44. The van der Waals surface area contributed by atoms with Crippen molar-refractivity contribution in [3.63, 3.8) is 0 Å². The van der Waals surface area contributed by atoms with Crippen molar-refractivity contribution in [1.29, 1.82) is 0 Å². The minimum Gasteiger partial charge on any atom is -0.481 e. The molecule has 0 aromatic rings. The molecular weight excluding hydrogens is 268 g/mol. The summed E-state index contributed by atoms with van der Waals surface area (Å²) < 4.78 is 0. The van der Waals surface area contributed by atoms with Crippen LogP contribution in [0.4, 0.5) is 0 Å². The molecule has 0 aliphatic rings. The Morgan fingerprint density at radius 1 is 1.30 bits per heavy atom. The monoisotopic (exact) mass is 272 g/mol. The third-order valence-electron chi connectivity index (χ3n) is 0.667. The number of carboxylic acid groups (broad SMARTS) is 2. The van der Waals surface area contributed by atoms with E-state index in [1.807, 2.05) is 0 Å². The van der Waals surface area contributed by atoms with E-state index in [9.17, 15) is 9.59 Å². The van der Waals surface area contributed by atoms with Gasteiger partial charge in [0.25, 0.3) is 0 Å². The molecule has 0 aliphatic heterocycles. The zero-order valence-corrected chi connectivity index (χ0v) is 8.33. The van der Waals surface area contributed by atoms with Crippen molar-refractivity contribution in [2.75, 3.05) is 0 Å². The fraction of sp³-hybridized carbons (Fsp3) is 0.200. The molecule has 0 aliphatic carbocycles. The Kier molecular flexibility index (Phi) is 7.34. The average molecular weight is 274 g/mol. The van der Waals surface area contributed by atoms with Gasteiger partial charge in [0.15, 0.2) is 0 Å². The third kappa shape index (κ3) is 6.16. The minimum atomic E-state index is -1.27. The largest absolute Gasteiger partial charge is 0.481 e. The Bertz CT molecular complexity index is 163. The number of carbonyl (C=O) groups is 2. The molecule has 0 fully saturated rings. The molecule has 2 N–H and O–H groups in total. The van der Waals surface area contributed by atoms with Gasteiger partial charge in [0.05, 0.1) is 6.42 Å². The zero-order chi connectivity index (χ0) is 7.44. The maximum Gasteiger partial charge on any atom is 0.331 e. The van der Waals surface area contributed by atoms with Crippen LogP contribution in [-0.2, 0) is 9.59 Å². The smallest absolute Gasteiger partial charge is 0.331 e. The predicted molar refractivity (Wildman–Crippen MR) is 29.0 cm³/mol. The first kappa shape index (κ1) is 12.7. The Balaban J connectivity index is 0. The fourth-order valence-corrected chi connectivity index (χ4v) is 0.258. The second-order valence-corrected chi connectivity index (χ2v) is 1.48. The van der Waals surface area contributed by atoms with E-state index in [2.05, 4.69) is 6.58 Å². The van der Waals surface area contributed by atoms with Crippen LogP contribution in [0.5, 0.6) is 0 Å². The predicted octanol–water partition coefficient (Wildman–Crippen LogP) is 0.102. The van der Waals surface area contributed by atoms with Gasteiger partial charge in [-0.1, -0.05) is 6.58 Å². The summed E-state index contributed by atoms with van der Waals surface area (Å²) >= 11 is 0. The molecule has 0 unspecified atom stereocenters. The van der Waals surface area contributed by atoms with Gasteiger partial charge in [-0.15, -0.1) is 0 Å². The number of rotatable bonds is 3. The van der Waals surface area contributed by atoms with Crippen molar-refractivity contribution in [3.8, 4) is 0 Å². The van der Waals surface area contributed by atoms with E-state index in [-0.39, 0.29) is 46.4 Å². The average Bonchev–Trinajstić information content (AvgIpc) is 1.63. The first-order chi connectivity index (χ1) is 4.04. The van der Waals surface area contributed by atoms with E-state index < -0.39 is 18.4 Å². The molecule has 0 amide bonds. The van der Waals surface area contributed by atoms with Gasteiger partial charge < -0.3 is 10.2 Å². The molecule has 10 heavy (non-hydrogen) atoms. The van der Waals surface area contributed by atoms with Crippen LogP contribution >= 0.6 is 0 Å². The maximum absolute atomic E-state index is 9.87. The van der Waals surface area contributed by atoms with E-state index in [1.165, 1.54) is 0 Å². The topological polar surface area (TPSA) is 74.6 Å². The maximum atomic E-state index is 9.87. The quantitative estimate of drug-likeness (QED) is 0.716. The Morgan fingerprint density at radius 3 is 1.80 bits per heavy atom. The van der Waals surface area contributed by atoms with Crippen LogP contribution in [0.3, 0.4) is 0 Å². The molecule has 4 nitrogen and oxygen atoms in total. The van der Waals surface area contributed by atoms with E-state index in [1.54, 1.807) is 0 Å². The molecule has 0 aromatic heterocycles. The molecular formula is C5H6NdO4. The molecule has 0 bridgehead atoms. The molecule has 0 atom stereocenters. The summed E-state index contributed by atoms with van der Waals surface area (Å²) in [6, 6.07) is 0. The van der Waals surface area contributed by atoms with Gasteiger partial charge in [-0.2, -0.15) is 0 Å². The van der Waals surface area contributed by atoms with Gasteiger partial charge in [0.2, 0.25) is 0 Å². The second kappa shape index (κ2) is 5.79. The van der Waals surface area contributed by atoms with E-state index in [0.717, 1.165) is 0 Å². The molecule has 0 saturated carbocycles. The van der Waals surface area contributed by atoms with Gasteiger partial charge in [0, 0.05) is 46.4 Å². The molecule has 0 saturated heterocycles. The van der Waals surface area contributed by atoms with Crippen molar-refractivity contribution in [3.05, 3.63) is 12.2 Å². The number of hydrogen-bond donors (Lipinski definition) is 2. The van der Waals surface area contributed by atoms with Crippen LogP contribution in [0, 0.1) is 40.8 Å². The van der Waals surface area contributed by atoms with E-state index in [0.29, 0.717) is 0 Å². The van der Waals surface area contributed by atoms with Crippen molar-refractivity contribution < 1.29 is 60.6 Å². The van der Waals surface area contributed by atoms with E-state index in [4.69, 9.17) is 10.2 Å². The minimum absolute atomic E-state index is 0. The second-order valence-electron chi connectivity index (χ2n) is 1.48. The summed E-state index contributed by atoms with van der Waals surface area (Å²) in [4.78, 5) is 19.7. The Labute approximate surface area is 90.5 Å². The van der Waals surface area contributed by atoms with Gasteiger partial charge in [-0.25, -0.2) is 4.79 Å². The van der Waals surface area contributed by atoms with Crippen LogP contribution < -0.4 is 0 Å². The molecule has 0 rings (SSSR count). The van der Waals surface area contributed by atoms with E-state index >= 15 is 0 Å². The van der Waals surface area contributed by atoms with Gasteiger partial charge in [-0.3, -0.25) is 4.79 Å². The number of aliphatic carboxylic acids is 2. The molecule has 0 aromatic carbocycles. The van der Waals surface area contributed by atoms with Crippen LogP contribution in [0.15, 0.2) is 12.2 Å². The SMILES string of the molecule is C=C(CC(=O)O)C(=O)O.[Nd]. The summed E-state index contributed by atoms with van der Waals surface area (Å²) in [6.07, 6.45) is -0.505. The van der Waals surface area contributed by atoms with Crippen molar-refractivity contribution in [1.82, 2.24) is 0 Å². The van der Waals surface area contributed by atoms with Crippen molar-refractivity contribution >= 4 is 11.9 Å². The normalized spacial score (nSPS) is 7.60. The van der Waals surface area contributed by atoms with Gasteiger partial charge in [0.1, 0.15) is 0 Å². The molecule has 0 radical (unpaired) electrons. The molecule has 5 heteroatoms. The van der Waals surface area contributed by atoms with Crippen LogP contribution in [0.1, 0.15) is 6.42 Å². The van der Waals surface area contributed by atoms with Gasteiger partial charge in [-0.05, 0) is 0 Å². The summed E-state index contributed by atoms with van der Waals surface area (Å²) in [6.45, 7) is 3.01. The zero-order valence-electron chi connectivity index (χ0n) is 5.13. The number of hydrogen-bond acceptors (Lipinski definition) is 2. The van der Waals surface area contributed by atoms with Gasteiger partial charge >= 0.3 is 11.9 Å². The third-order valence-corrected chi connectivity index (χ3v) is 0.667. The first-order valence-corrected chi connectivity index (χ1v) is 2.17. The standard InChI is InChI=1S/C5H6O4.Nd/c1-3(5(8)9)2-4(6)7;/h1-2H2,(H,6,7)(H,8,9);. The first-order valence-electron chi connectivity index (χ1n) is 2.17.